The van der Waals surface area contributed by atoms with Crippen molar-refractivity contribution in [1.29, 1.82) is 0 Å². The Bertz CT molecular complexity index is 1170. The molecule has 172 valence electrons. The van der Waals surface area contributed by atoms with Gasteiger partial charge in [-0.25, -0.2) is 14.6 Å². The van der Waals surface area contributed by atoms with E-state index in [0.29, 0.717) is 36.8 Å². The monoisotopic (exact) mass is 464 g/mol. The molecule has 0 radical (unpaired) electrons. The fourth-order valence-electron chi connectivity index (χ4n) is 5.40. The molecule has 1 aromatic carbocycles. The van der Waals surface area contributed by atoms with Crippen LogP contribution in [0.3, 0.4) is 0 Å². The van der Waals surface area contributed by atoms with Crippen LogP contribution in [-0.2, 0) is 28.9 Å². The van der Waals surface area contributed by atoms with Gasteiger partial charge in [0, 0.05) is 0 Å². The Hall–Kier alpha value is -2.28. The number of rotatable bonds is 3. The van der Waals surface area contributed by atoms with E-state index in [1.807, 2.05) is 0 Å². The van der Waals surface area contributed by atoms with E-state index in [9.17, 15) is 0 Å². The fraction of sp³-hybridized carbons (Fsp3) is 0.500. The summed E-state index contributed by atoms with van der Waals surface area (Å²) in [6.45, 7) is 4.23. The largest absolute Gasteiger partial charge is 0.375 e. The molecule has 1 aliphatic carbocycles. The molecule has 0 saturated heterocycles. The molecular formula is C26H29ClN4O2. The lowest BCUT2D eigenvalue weighted by atomic mass is 9.87. The summed E-state index contributed by atoms with van der Waals surface area (Å²) in [4.78, 5) is 9.75. The van der Waals surface area contributed by atoms with Gasteiger partial charge in [-0.1, -0.05) is 42.8 Å². The Kier molecular flexibility index (Phi) is 5.68. The molecule has 2 aromatic heterocycles. The zero-order valence-corrected chi connectivity index (χ0v) is 19.7. The van der Waals surface area contributed by atoms with Crippen LogP contribution >= 0.6 is 11.6 Å². The average molecular weight is 465 g/mol. The predicted octanol–water partition coefficient (Wildman–Crippen LogP) is 5.48. The summed E-state index contributed by atoms with van der Waals surface area (Å²) in [5.41, 5.74) is 5.45. The first kappa shape index (κ1) is 21.3. The van der Waals surface area contributed by atoms with E-state index < -0.39 is 0 Å². The molecule has 33 heavy (non-hydrogen) atoms. The lowest BCUT2D eigenvalue weighted by Gasteiger charge is -2.27. The van der Waals surface area contributed by atoms with Gasteiger partial charge in [-0.2, -0.15) is 5.10 Å². The van der Waals surface area contributed by atoms with Gasteiger partial charge in [-0.3, -0.25) is 0 Å². The van der Waals surface area contributed by atoms with Crippen molar-refractivity contribution in [3.8, 4) is 11.4 Å². The predicted molar refractivity (Wildman–Crippen MR) is 126 cm³/mol. The number of benzene rings is 1. The third kappa shape index (κ3) is 3.98. The Morgan fingerprint density at radius 2 is 1.82 bits per heavy atom. The third-order valence-corrected chi connectivity index (χ3v) is 7.64. The van der Waals surface area contributed by atoms with Crippen LogP contribution in [0.1, 0.15) is 73.0 Å². The normalized spacial score (nSPS) is 24.8. The molecule has 1 unspecified atom stereocenters. The molecular weight excluding hydrogens is 436 g/mol. The minimum Gasteiger partial charge on any atom is -0.375 e. The molecule has 1 saturated carbocycles. The first-order chi connectivity index (χ1) is 16.2. The second kappa shape index (κ2) is 8.82. The lowest BCUT2D eigenvalue weighted by molar-refractivity contribution is 0.0636. The van der Waals surface area contributed by atoms with Crippen molar-refractivity contribution >= 4 is 11.6 Å². The van der Waals surface area contributed by atoms with Crippen LogP contribution in [0.25, 0.3) is 11.4 Å². The minimum atomic E-state index is -0.254. The van der Waals surface area contributed by atoms with Crippen molar-refractivity contribution in [3.63, 3.8) is 0 Å². The number of aromatic nitrogens is 4. The van der Waals surface area contributed by atoms with Gasteiger partial charge in [-0.15, -0.1) is 0 Å². The van der Waals surface area contributed by atoms with Gasteiger partial charge in [0.2, 0.25) is 0 Å². The number of ether oxygens (including phenoxy) is 2. The van der Waals surface area contributed by atoms with E-state index in [-0.39, 0.29) is 6.10 Å². The standard InChI is InChI=1S/C26H29ClN4O2/c1-16-6-8-19(9-7-16)31-26(21-14-18-10-12-32-15-22(18)28-24(21)27)29-25(30-31)23-20-5-3-2-4-17(20)11-13-33-23/h2-5,14,16,19,23H,6-13,15H2,1H3. The summed E-state index contributed by atoms with van der Waals surface area (Å²) in [6.07, 6.45) is 6.11. The minimum absolute atomic E-state index is 0.254. The fourth-order valence-corrected chi connectivity index (χ4v) is 5.64. The van der Waals surface area contributed by atoms with Crippen molar-refractivity contribution < 1.29 is 9.47 Å². The molecule has 7 heteroatoms. The molecule has 0 N–H and O–H groups in total. The summed E-state index contributed by atoms with van der Waals surface area (Å²) in [6, 6.07) is 10.9. The highest BCUT2D eigenvalue weighted by Gasteiger charge is 2.31. The van der Waals surface area contributed by atoms with Crippen molar-refractivity contribution in [2.24, 2.45) is 5.92 Å². The van der Waals surface area contributed by atoms with Crippen LogP contribution in [-0.4, -0.2) is 33.0 Å². The van der Waals surface area contributed by atoms with Crippen LogP contribution in [0.5, 0.6) is 0 Å². The van der Waals surface area contributed by atoms with E-state index >= 15 is 0 Å². The highest BCUT2D eigenvalue weighted by Crippen LogP contribution is 2.39. The summed E-state index contributed by atoms with van der Waals surface area (Å²) in [5.74, 6) is 2.28. The molecule has 0 amide bonds. The SMILES string of the molecule is CC1CCC(n2nc(C3OCCc4ccccc43)nc2-c2cc3c(nc2Cl)COCC3)CC1. The van der Waals surface area contributed by atoms with Gasteiger partial charge in [-0.05, 0) is 67.2 Å². The smallest absolute Gasteiger partial charge is 0.184 e. The molecule has 1 atom stereocenters. The van der Waals surface area contributed by atoms with Crippen LogP contribution in [0.4, 0.5) is 0 Å². The molecule has 3 aliphatic rings. The highest BCUT2D eigenvalue weighted by atomic mass is 35.5. The number of pyridine rings is 1. The summed E-state index contributed by atoms with van der Waals surface area (Å²) >= 11 is 6.73. The van der Waals surface area contributed by atoms with E-state index in [1.54, 1.807) is 0 Å². The van der Waals surface area contributed by atoms with Gasteiger partial charge in [0.05, 0.1) is 37.1 Å². The molecule has 2 aliphatic heterocycles. The molecule has 0 bridgehead atoms. The van der Waals surface area contributed by atoms with Crippen LogP contribution in [0.2, 0.25) is 5.15 Å². The quantitative estimate of drug-likeness (QED) is 0.480. The molecule has 3 aromatic rings. The van der Waals surface area contributed by atoms with Crippen molar-refractivity contribution in [3.05, 3.63) is 63.7 Å². The summed E-state index contributed by atoms with van der Waals surface area (Å²) in [5, 5.41) is 5.55. The van der Waals surface area contributed by atoms with Gasteiger partial charge < -0.3 is 9.47 Å². The van der Waals surface area contributed by atoms with Crippen LogP contribution < -0.4 is 0 Å². The zero-order chi connectivity index (χ0) is 22.4. The Balaban J connectivity index is 1.46. The first-order valence-corrected chi connectivity index (χ1v) is 12.5. The third-order valence-electron chi connectivity index (χ3n) is 7.35. The molecule has 0 spiro atoms. The van der Waals surface area contributed by atoms with Gasteiger partial charge >= 0.3 is 0 Å². The van der Waals surface area contributed by atoms with E-state index in [4.69, 9.17) is 31.2 Å². The molecule has 4 heterocycles. The van der Waals surface area contributed by atoms with Crippen molar-refractivity contribution in [2.45, 2.75) is 64.2 Å². The van der Waals surface area contributed by atoms with Crippen molar-refractivity contribution in [1.82, 2.24) is 19.7 Å². The van der Waals surface area contributed by atoms with E-state index in [1.165, 1.54) is 24.0 Å². The summed E-state index contributed by atoms with van der Waals surface area (Å²) in [7, 11) is 0. The number of halogens is 1. The first-order valence-electron chi connectivity index (χ1n) is 12.1. The maximum Gasteiger partial charge on any atom is 0.184 e. The Morgan fingerprint density at radius 1 is 1.00 bits per heavy atom. The van der Waals surface area contributed by atoms with E-state index in [2.05, 4.69) is 46.9 Å². The number of nitrogens with zero attached hydrogens (tertiary/aromatic N) is 4. The maximum atomic E-state index is 6.73. The van der Waals surface area contributed by atoms with Crippen LogP contribution in [0.15, 0.2) is 30.3 Å². The molecule has 6 nitrogen and oxygen atoms in total. The second-order valence-corrected chi connectivity index (χ2v) is 9.94. The van der Waals surface area contributed by atoms with Gasteiger partial charge in [0.15, 0.2) is 11.6 Å². The molecule has 1 fully saturated rings. The Morgan fingerprint density at radius 3 is 2.70 bits per heavy atom. The van der Waals surface area contributed by atoms with Crippen LogP contribution in [0, 0.1) is 5.92 Å². The highest BCUT2D eigenvalue weighted by molar-refractivity contribution is 6.32. The average Bonchev–Trinajstić information content (AvgIpc) is 3.28. The lowest BCUT2D eigenvalue weighted by Crippen LogP contribution is -2.20. The number of fused-ring (bicyclic) bond motifs is 2. The zero-order valence-electron chi connectivity index (χ0n) is 19.0. The molecule has 6 rings (SSSR count). The number of hydrogen-bond acceptors (Lipinski definition) is 5. The van der Waals surface area contributed by atoms with Gasteiger partial charge in [0.25, 0.3) is 0 Å². The van der Waals surface area contributed by atoms with Crippen molar-refractivity contribution in [2.75, 3.05) is 13.2 Å². The Labute approximate surface area is 199 Å². The number of hydrogen-bond donors (Lipinski definition) is 0. The summed E-state index contributed by atoms with van der Waals surface area (Å²) < 4.78 is 13.9. The maximum absolute atomic E-state index is 6.73. The van der Waals surface area contributed by atoms with E-state index in [0.717, 1.165) is 54.2 Å². The topological polar surface area (TPSA) is 62.1 Å². The van der Waals surface area contributed by atoms with Gasteiger partial charge in [0.1, 0.15) is 11.3 Å². The second-order valence-electron chi connectivity index (χ2n) is 9.59.